The number of nitrogens with one attached hydrogen (secondary N) is 1. The number of benzene rings is 1. The maximum atomic E-state index is 12.7. The first-order chi connectivity index (χ1) is 14.2. The first kappa shape index (κ1) is 18.9. The Labute approximate surface area is 168 Å². The minimum Gasteiger partial charge on any atom is -0.464 e. The fourth-order valence-electron chi connectivity index (χ4n) is 3.67. The Kier molecular flexibility index (Phi) is 5.37. The van der Waals surface area contributed by atoms with Gasteiger partial charge in [-0.2, -0.15) is 5.10 Å². The number of amides is 1. The van der Waals surface area contributed by atoms with Gasteiger partial charge in [0.15, 0.2) is 0 Å². The molecule has 0 aliphatic heterocycles. The molecule has 0 bridgehead atoms. The second kappa shape index (κ2) is 8.26. The van der Waals surface area contributed by atoms with Crippen LogP contribution in [0.2, 0.25) is 0 Å². The van der Waals surface area contributed by atoms with Crippen molar-refractivity contribution in [2.75, 3.05) is 7.11 Å². The van der Waals surface area contributed by atoms with E-state index >= 15 is 0 Å². The van der Waals surface area contributed by atoms with E-state index in [9.17, 15) is 9.59 Å². The summed E-state index contributed by atoms with van der Waals surface area (Å²) >= 11 is 0. The van der Waals surface area contributed by atoms with Crippen molar-refractivity contribution in [2.24, 2.45) is 0 Å². The number of hydrogen-bond donors (Lipinski definition) is 1. The summed E-state index contributed by atoms with van der Waals surface area (Å²) in [5.41, 5.74) is 3.69. The molecule has 0 saturated carbocycles. The number of rotatable bonds is 5. The summed E-state index contributed by atoms with van der Waals surface area (Å²) < 4.78 is 6.69. The van der Waals surface area contributed by atoms with Gasteiger partial charge in [0.1, 0.15) is 11.4 Å². The topological polar surface area (TPSA) is 86.1 Å². The minimum absolute atomic E-state index is 0.111. The van der Waals surface area contributed by atoms with E-state index in [2.05, 4.69) is 32.3 Å². The highest BCUT2D eigenvalue weighted by atomic mass is 16.5. The van der Waals surface area contributed by atoms with Crippen molar-refractivity contribution in [3.05, 3.63) is 82.9 Å². The van der Waals surface area contributed by atoms with Gasteiger partial charge in [-0.15, -0.1) is 0 Å². The quantitative estimate of drug-likeness (QED) is 0.677. The highest BCUT2D eigenvalue weighted by Crippen LogP contribution is 2.30. The van der Waals surface area contributed by atoms with Crippen LogP contribution >= 0.6 is 0 Å². The summed E-state index contributed by atoms with van der Waals surface area (Å²) in [7, 11) is 1.29. The number of carbonyl (C=O) groups is 2. The summed E-state index contributed by atoms with van der Waals surface area (Å²) in [5, 5.41) is 7.61. The van der Waals surface area contributed by atoms with Crippen molar-refractivity contribution in [1.82, 2.24) is 20.1 Å². The molecule has 29 heavy (non-hydrogen) atoms. The largest absolute Gasteiger partial charge is 0.464 e. The van der Waals surface area contributed by atoms with Crippen LogP contribution in [0.15, 0.2) is 54.7 Å². The van der Waals surface area contributed by atoms with Gasteiger partial charge in [-0.25, -0.2) is 9.78 Å². The second-order valence-corrected chi connectivity index (χ2v) is 7.01. The van der Waals surface area contributed by atoms with Crippen molar-refractivity contribution < 1.29 is 14.3 Å². The Hall–Kier alpha value is -3.48. The molecule has 1 aliphatic rings. The Bertz CT molecular complexity index is 1030. The van der Waals surface area contributed by atoms with Crippen LogP contribution in [0.4, 0.5) is 0 Å². The number of nitrogens with zero attached hydrogens (tertiary/aromatic N) is 3. The molecule has 7 nitrogen and oxygen atoms in total. The highest BCUT2D eigenvalue weighted by Gasteiger charge is 2.26. The average Bonchev–Trinajstić information content (AvgIpc) is 3.17. The van der Waals surface area contributed by atoms with Crippen molar-refractivity contribution in [3.8, 4) is 0 Å². The standard InChI is InChI=1S/C22H22N4O3/c1-29-22(28)19-11-5-10-18(24-19)21(27)25-17-9-6-12-20-16(17)13-23-26(20)14-15-7-3-2-4-8-15/h2-5,7-8,10-11,13,17H,6,9,12,14H2,1H3,(H,25,27). The molecular formula is C22H22N4O3. The SMILES string of the molecule is COC(=O)c1cccc(C(=O)NC2CCCc3c2cnn3Cc2ccccc2)n1. The van der Waals surface area contributed by atoms with Crippen molar-refractivity contribution in [3.63, 3.8) is 0 Å². The summed E-state index contributed by atoms with van der Waals surface area (Å²) in [4.78, 5) is 28.5. The molecule has 0 fully saturated rings. The summed E-state index contributed by atoms with van der Waals surface area (Å²) in [5.74, 6) is -0.883. The number of aromatic nitrogens is 3. The number of carbonyl (C=O) groups excluding carboxylic acids is 2. The minimum atomic E-state index is -0.568. The van der Waals surface area contributed by atoms with Gasteiger partial charge in [-0.1, -0.05) is 36.4 Å². The zero-order valence-corrected chi connectivity index (χ0v) is 16.2. The molecule has 4 rings (SSSR count). The molecule has 0 spiro atoms. The van der Waals surface area contributed by atoms with Crippen molar-refractivity contribution >= 4 is 11.9 Å². The Morgan fingerprint density at radius 2 is 1.93 bits per heavy atom. The molecule has 1 N–H and O–H groups in total. The lowest BCUT2D eigenvalue weighted by atomic mass is 9.92. The highest BCUT2D eigenvalue weighted by molar-refractivity contribution is 5.94. The number of ether oxygens (including phenoxy) is 1. The number of esters is 1. The average molecular weight is 390 g/mol. The monoisotopic (exact) mass is 390 g/mol. The van der Waals surface area contributed by atoms with Gasteiger partial charge in [0.2, 0.25) is 0 Å². The van der Waals surface area contributed by atoms with Crippen LogP contribution in [0, 0.1) is 0 Å². The molecule has 1 aromatic carbocycles. The smallest absolute Gasteiger partial charge is 0.356 e. The van der Waals surface area contributed by atoms with Gasteiger partial charge in [-0.05, 0) is 37.0 Å². The van der Waals surface area contributed by atoms with E-state index < -0.39 is 5.97 Å². The zero-order valence-electron chi connectivity index (χ0n) is 16.2. The molecule has 3 aromatic rings. The van der Waals surface area contributed by atoms with Gasteiger partial charge < -0.3 is 10.1 Å². The molecule has 7 heteroatoms. The first-order valence-electron chi connectivity index (χ1n) is 9.60. The van der Waals surface area contributed by atoms with Crippen LogP contribution in [0.5, 0.6) is 0 Å². The van der Waals surface area contributed by atoms with Gasteiger partial charge in [0, 0.05) is 11.3 Å². The molecule has 0 radical (unpaired) electrons. The maximum absolute atomic E-state index is 12.7. The maximum Gasteiger partial charge on any atom is 0.356 e. The third-order valence-electron chi connectivity index (χ3n) is 5.12. The Balaban J connectivity index is 1.52. The van der Waals surface area contributed by atoms with E-state index in [0.717, 1.165) is 30.5 Å². The number of fused-ring (bicyclic) bond motifs is 1. The summed E-state index contributed by atoms with van der Waals surface area (Å²) in [6.45, 7) is 0.708. The van der Waals surface area contributed by atoms with Crippen LogP contribution in [0.25, 0.3) is 0 Å². The molecule has 2 heterocycles. The lowest BCUT2D eigenvalue weighted by Gasteiger charge is -2.24. The third kappa shape index (κ3) is 4.03. The van der Waals surface area contributed by atoms with Crippen LogP contribution in [-0.4, -0.2) is 33.8 Å². The molecule has 1 aliphatic carbocycles. The fraction of sp³-hybridized carbons (Fsp3) is 0.273. The predicted molar refractivity (Wildman–Crippen MR) is 106 cm³/mol. The van der Waals surface area contributed by atoms with Crippen LogP contribution in [0.1, 0.15) is 56.7 Å². The molecular weight excluding hydrogens is 368 g/mol. The van der Waals surface area contributed by atoms with Gasteiger partial charge >= 0.3 is 5.97 Å². The van der Waals surface area contributed by atoms with Crippen molar-refractivity contribution in [1.29, 1.82) is 0 Å². The Morgan fingerprint density at radius 1 is 1.14 bits per heavy atom. The molecule has 1 atom stereocenters. The predicted octanol–water partition coefficient (Wildman–Crippen LogP) is 2.92. The van der Waals surface area contributed by atoms with E-state index in [4.69, 9.17) is 0 Å². The van der Waals surface area contributed by atoms with Crippen molar-refractivity contribution in [2.45, 2.75) is 31.8 Å². The molecule has 2 aromatic heterocycles. The fourth-order valence-corrected chi connectivity index (χ4v) is 3.67. The van der Waals surface area contributed by atoms with E-state index in [-0.39, 0.29) is 23.3 Å². The molecule has 0 saturated heterocycles. The van der Waals surface area contributed by atoms with Gasteiger partial charge in [-0.3, -0.25) is 9.48 Å². The van der Waals surface area contributed by atoms with Crippen LogP contribution < -0.4 is 5.32 Å². The van der Waals surface area contributed by atoms with Crippen LogP contribution in [0.3, 0.4) is 0 Å². The van der Waals surface area contributed by atoms with E-state index in [1.54, 1.807) is 12.1 Å². The van der Waals surface area contributed by atoms with E-state index in [0.29, 0.717) is 6.54 Å². The molecule has 1 unspecified atom stereocenters. The van der Waals surface area contributed by atoms with Gasteiger partial charge in [0.25, 0.3) is 5.91 Å². The van der Waals surface area contributed by atoms with E-state index in [1.807, 2.05) is 29.1 Å². The van der Waals surface area contributed by atoms with Gasteiger partial charge in [0.05, 0.1) is 25.9 Å². The lowest BCUT2D eigenvalue weighted by Crippen LogP contribution is -2.31. The van der Waals surface area contributed by atoms with E-state index in [1.165, 1.54) is 18.7 Å². The number of methoxy groups -OCH3 is 1. The zero-order chi connectivity index (χ0) is 20.2. The number of pyridine rings is 1. The molecule has 1 amide bonds. The summed E-state index contributed by atoms with van der Waals surface area (Å²) in [6.07, 6.45) is 4.59. The lowest BCUT2D eigenvalue weighted by molar-refractivity contribution is 0.0594. The Morgan fingerprint density at radius 3 is 2.72 bits per heavy atom. The summed E-state index contributed by atoms with van der Waals surface area (Å²) in [6, 6.07) is 14.8. The number of hydrogen-bond acceptors (Lipinski definition) is 5. The van der Waals surface area contributed by atoms with Crippen LogP contribution in [-0.2, 0) is 17.7 Å². The first-order valence-corrected chi connectivity index (χ1v) is 9.60. The molecule has 148 valence electrons. The normalized spacial score (nSPS) is 15.4. The third-order valence-corrected chi connectivity index (χ3v) is 5.12. The second-order valence-electron chi connectivity index (χ2n) is 7.01.